The van der Waals surface area contributed by atoms with Gasteiger partial charge in [0.15, 0.2) is 0 Å². The summed E-state index contributed by atoms with van der Waals surface area (Å²) < 4.78 is 42.9. The Morgan fingerprint density at radius 2 is 0.730 bits per heavy atom. The van der Waals surface area contributed by atoms with Gasteiger partial charge in [-0.2, -0.15) is 0 Å². The van der Waals surface area contributed by atoms with E-state index in [-0.39, 0.29) is 5.97 Å². The lowest BCUT2D eigenvalue weighted by Gasteiger charge is -2.08. The molecule has 0 bridgehead atoms. The van der Waals surface area contributed by atoms with Crippen LogP contribution in [0, 0.1) is 0 Å². The third-order valence-corrected chi connectivity index (χ3v) is 5.41. The molecule has 9 nitrogen and oxygen atoms in total. The first-order valence-corrected chi connectivity index (χ1v) is 14.5. The molecule has 0 spiro atoms. The van der Waals surface area contributed by atoms with Gasteiger partial charge in [-0.15, -0.1) is 0 Å². The van der Waals surface area contributed by atoms with Crippen LogP contribution in [0.3, 0.4) is 0 Å². The standard InChI is InChI=1S/C28H56O9/c1-3-5-6-7-8-9-10-11-12-13-28(29)37-27-26-36-25-24-35-23-22-34-21-20-33-19-18-32-17-16-31-15-14-30-4-2/h3-27H2,1-2H3. The molecule has 0 unspecified atom stereocenters. The molecule has 0 N–H and O–H groups in total. The monoisotopic (exact) mass is 536 g/mol. The molecule has 0 aromatic heterocycles. The van der Waals surface area contributed by atoms with Crippen molar-refractivity contribution in [2.45, 2.75) is 78.1 Å². The van der Waals surface area contributed by atoms with E-state index in [9.17, 15) is 4.79 Å². The predicted molar refractivity (Wildman–Crippen MR) is 144 cm³/mol. The van der Waals surface area contributed by atoms with E-state index < -0.39 is 0 Å². The smallest absolute Gasteiger partial charge is 0.305 e. The Balaban J connectivity index is 3.11. The second-order valence-electron chi connectivity index (χ2n) is 8.67. The predicted octanol–water partition coefficient (Wildman–Crippen LogP) is 4.59. The lowest BCUT2D eigenvalue weighted by molar-refractivity contribution is -0.145. The number of unbranched alkanes of at least 4 members (excludes halogenated alkanes) is 8. The fourth-order valence-corrected chi connectivity index (χ4v) is 3.33. The van der Waals surface area contributed by atoms with Crippen molar-refractivity contribution >= 4 is 5.97 Å². The maximum Gasteiger partial charge on any atom is 0.305 e. The van der Waals surface area contributed by atoms with E-state index in [1.54, 1.807) is 0 Å². The molecule has 37 heavy (non-hydrogen) atoms. The number of ether oxygens (including phenoxy) is 8. The van der Waals surface area contributed by atoms with E-state index in [2.05, 4.69) is 6.92 Å². The zero-order valence-electron chi connectivity index (χ0n) is 23.9. The minimum Gasteiger partial charge on any atom is -0.463 e. The average molecular weight is 537 g/mol. The minimum absolute atomic E-state index is 0.130. The fourth-order valence-electron chi connectivity index (χ4n) is 3.33. The molecule has 0 atom stereocenters. The molecule has 0 fully saturated rings. The summed E-state index contributed by atoms with van der Waals surface area (Å²) in [4.78, 5) is 11.7. The lowest BCUT2D eigenvalue weighted by Crippen LogP contribution is -2.15. The molecule has 0 amide bonds. The third kappa shape index (κ3) is 33.2. The Kier molecular flexibility index (Phi) is 32.5. The van der Waals surface area contributed by atoms with Crippen LogP contribution in [-0.4, -0.2) is 105 Å². The number of carbonyl (C=O) groups excluding carboxylic acids is 1. The van der Waals surface area contributed by atoms with Gasteiger partial charge in [0.2, 0.25) is 0 Å². The highest BCUT2D eigenvalue weighted by Gasteiger charge is 2.02. The molecule has 0 heterocycles. The van der Waals surface area contributed by atoms with Gasteiger partial charge in [-0.1, -0.05) is 58.3 Å². The van der Waals surface area contributed by atoms with Gasteiger partial charge in [0.1, 0.15) is 6.61 Å². The van der Waals surface area contributed by atoms with Crippen molar-refractivity contribution in [2.75, 3.05) is 99.1 Å². The summed E-state index contributed by atoms with van der Waals surface area (Å²) in [6, 6.07) is 0. The van der Waals surface area contributed by atoms with Crippen LogP contribution in [0.2, 0.25) is 0 Å². The zero-order valence-corrected chi connectivity index (χ0v) is 23.9. The normalized spacial score (nSPS) is 11.3. The highest BCUT2D eigenvalue weighted by atomic mass is 16.6. The van der Waals surface area contributed by atoms with Gasteiger partial charge < -0.3 is 37.9 Å². The Hall–Kier alpha value is -0.810. The van der Waals surface area contributed by atoms with E-state index in [0.29, 0.717) is 106 Å². The fraction of sp³-hybridized carbons (Fsp3) is 0.964. The summed E-state index contributed by atoms with van der Waals surface area (Å²) in [6.07, 6.45) is 11.7. The van der Waals surface area contributed by atoms with Gasteiger partial charge in [0.25, 0.3) is 0 Å². The van der Waals surface area contributed by atoms with E-state index in [1.165, 1.54) is 44.9 Å². The van der Waals surface area contributed by atoms with Crippen LogP contribution in [0.4, 0.5) is 0 Å². The minimum atomic E-state index is -0.130. The number of carbonyl (C=O) groups is 1. The van der Waals surface area contributed by atoms with Crippen LogP contribution in [0.1, 0.15) is 78.1 Å². The van der Waals surface area contributed by atoms with Crippen molar-refractivity contribution in [3.63, 3.8) is 0 Å². The van der Waals surface area contributed by atoms with Crippen LogP contribution in [0.25, 0.3) is 0 Å². The Morgan fingerprint density at radius 3 is 1.11 bits per heavy atom. The summed E-state index contributed by atoms with van der Waals surface area (Å²) >= 11 is 0. The maximum atomic E-state index is 11.7. The molecule has 0 aliphatic heterocycles. The number of hydrogen-bond acceptors (Lipinski definition) is 9. The lowest BCUT2D eigenvalue weighted by atomic mass is 10.1. The van der Waals surface area contributed by atoms with Gasteiger partial charge in [0.05, 0.1) is 85.9 Å². The first-order chi connectivity index (χ1) is 18.3. The van der Waals surface area contributed by atoms with Crippen molar-refractivity contribution in [1.82, 2.24) is 0 Å². The van der Waals surface area contributed by atoms with Crippen molar-refractivity contribution in [3.8, 4) is 0 Å². The quantitative estimate of drug-likeness (QED) is 0.0904. The number of hydrogen-bond donors (Lipinski definition) is 0. The summed E-state index contributed by atoms with van der Waals surface area (Å²) in [5.41, 5.74) is 0. The summed E-state index contributed by atoms with van der Waals surface area (Å²) in [5, 5.41) is 0. The molecule has 0 aliphatic rings. The van der Waals surface area contributed by atoms with Crippen molar-refractivity contribution in [3.05, 3.63) is 0 Å². The van der Waals surface area contributed by atoms with Crippen LogP contribution in [-0.2, 0) is 42.7 Å². The van der Waals surface area contributed by atoms with Gasteiger partial charge >= 0.3 is 5.97 Å². The van der Waals surface area contributed by atoms with Crippen LogP contribution in [0.5, 0.6) is 0 Å². The molecule has 0 aromatic rings. The first kappa shape index (κ1) is 36.2. The molecule has 0 aromatic carbocycles. The van der Waals surface area contributed by atoms with E-state index in [0.717, 1.165) is 12.8 Å². The molecule has 0 rings (SSSR count). The largest absolute Gasteiger partial charge is 0.463 e. The number of rotatable bonds is 32. The molecule has 0 radical (unpaired) electrons. The Morgan fingerprint density at radius 1 is 0.405 bits per heavy atom. The molecule has 0 aliphatic carbocycles. The van der Waals surface area contributed by atoms with E-state index in [1.807, 2.05) is 6.92 Å². The van der Waals surface area contributed by atoms with Crippen LogP contribution in [0.15, 0.2) is 0 Å². The molecule has 222 valence electrons. The van der Waals surface area contributed by atoms with Gasteiger partial charge in [-0.05, 0) is 13.3 Å². The van der Waals surface area contributed by atoms with E-state index >= 15 is 0 Å². The zero-order chi connectivity index (χ0) is 26.9. The van der Waals surface area contributed by atoms with Crippen LogP contribution >= 0.6 is 0 Å². The van der Waals surface area contributed by atoms with Crippen molar-refractivity contribution < 1.29 is 42.7 Å². The summed E-state index contributed by atoms with van der Waals surface area (Å²) in [7, 11) is 0. The first-order valence-electron chi connectivity index (χ1n) is 14.5. The summed E-state index contributed by atoms with van der Waals surface area (Å²) in [6.45, 7) is 12.0. The second-order valence-corrected chi connectivity index (χ2v) is 8.67. The molecular weight excluding hydrogens is 480 g/mol. The molecular formula is C28H56O9. The molecule has 0 saturated heterocycles. The van der Waals surface area contributed by atoms with Gasteiger partial charge in [0, 0.05) is 13.0 Å². The van der Waals surface area contributed by atoms with Gasteiger partial charge in [-0.3, -0.25) is 4.79 Å². The third-order valence-electron chi connectivity index (χ3n) is 5.41. The van der Waals surface area contributed by atoms with E-state index in [4.69, 9.17) is 37.9 Å². The van der Waals surface area contributed by atoms with Crippen molar-refractivity contribution in [2.24, 2.45) is 0 Å². The van der Waals surface area contributed by atoms with Crippen LogP contribution < -0.4 is 0 Å². The van der Waals surface area contributed by atoms with Crippen molar-refractivity contribution in [1.29, 1.82) is 0 Å². The SMILES string of the molecule is CCCCCCCCCCCC(=O)OCCOCCOCCOCCOCCOCCOCCOCC. The molecule has 9 heteroatoms. The van der Waals surface area contributed by atoms with Gasteiger partial charge in [-0.25, -0.2) is 0 Å². The summed E-state index contributed by atoms with van der Waals surface area (Å²) in [5.74, 6) is -0.130. The Bertz CT molecular complexity index is 438. The number of esters is 1. The second kappa shape index (κ2) is 33.2. The topological polar surface area (TPSA) is 90.9 Å². The average Bonchev–Trinajstić information content (AvgIpc) is 2.90. The maximum absolute atomic E-state index is 11.7. The molecule has 0 saturated carbocycles. The highest BCUT2D eigenvalue weighted by Crippen LogP contribution is 2.10. The Labute approximate surface area is 226 Å². The highest BCUT2D eigenvalue weighted by molar-refractivity contribution is 5.69.